The van der Waals surface area contributed by atoms with Gasteiger partial charge in [-0.15, -0.1) is 0 Å². The fourth-order valence-electron chi connectivity index (χ4n) is 1.82. The second-order valence-electron chi connectivity index (χ2n) is 5.16. The molecule has 0 unspecified atom stereocenters. The van der Waals surface area contributed by atoms with Gasteiger partial charge in [-0.2, -0.15) is 5.10 Å². The summed E-state index contributed by atoms with van der Waals surface area (Å²) in [6, 6.07) is 13.2. The van der Waals surface area contributed by atoms with Crippen molar-refractivity contribution in [3.8, 4) is 5.75 Å². The minimum atomic E-state index is -0.790. The zero-order chi connectivity index (χ0) is 17.5. The molecule has 2 aromatic carbocycles. The number of amides is 1. The summed E-state index contributed by atoms with van der Waals surface area (Å²) in [7, 11) is 0. The summed E-state index contributed by atoms with van der Waals surface area (Å²) in [6.45, 7) is 3.55. The number of benzene rings is 2. The number of carbonyl (C=O) groups excluding carboxylic acids is 1. The molecule has 2 rings (SSSR count). The lowest BCUT2D eigenvalue weighted by molar-refractivity contribution is -0.384. The minimum absolute atomic E-state index is 0.0397. The molecule has 2 aromatic rings. The maximum absolute atomic E-state index is 11.9. The summed E-state index contributed by atoms with van der Waals surface area (Å²) in [6.07, 6.45) is 0.747. The van der Waals surface area contributed by atoms with Crippen LogP contribution in [0.15, 0.2) is 53.6 Å². The number of ether oxygens (including phenoxy) is 1. The quantitative estimate of drug-likeness (QED) is 0.501. The Morgan fingerprint density at radius 1 is 1.21 bits per heavy atom. The Balaban J connectivity index is 1.87. The van der Waals surface area contributed by atoms with Gasteiger partial charge in [0.05, 0.1) is 11.1 Å². The van der Waals surface area contributed by atoms with Crippen LogP contribution in [0.1, 0.15) is 18.1 Å². The standard InChI is InChI=1S/C17H17N3O4/c1-12-3-5-14(6-4-12)11-18-19-17(21)13(2)24-16-9-7-15(8-10-16)20(22)23/h3-11,13H,1-2H3,(H,19,21)/b18-11-/t13-/m0/s1. The fraction of sp³-hybridized carbons (Fsp3) is 0.176. The molecular formula is C17H17N3O4. The van der Waals surface area contributed by atoms with E-state index >= 15 is 0 Å². The molecule has 0 heterocycles. The number of nitro benzene ring substituents is 1. The summed E-state index contributed by atoms with van der Waals surface area (Å²) in [5.74, 6) is -0.0533. The fourth-order valence-corrected chi connectivity index (χ4v) is 1.82. The molecule has 0 aliphatic carbocycles. The molecule has 0 fully saturated rings. The highest BCUT2D eigenvalue weighted by atomic mass is 16.6. The first-order chi connectivity index (χ1) is 11.5. The van der Waals surface area contributed by atoms with Gasteiger partial charge in [0.25, 0.3) is 11.6 Å². The maximum atomic E-state index is 11.9. The van der Waals surface area contributed by atoms with Crippen LogP contribution in [0.5, 0.6) is 5.75 Å². The normalized spacial score (nSPS) is 11.9. The number of aryl methyl sites for hydroxylation is 1. The third-order valence-electron chi connectivity index (χ3n) is 3.20. The van der Waals surface area contributed by atoms with E-state index in [0.717, 1.165) is 11.1 Å². The van der Waals surface area contributed by atoms with Crippen molar-refractivity contribution in [1.29, 1.82) is 0 Å². The van der Waals surface area contributed by atoms with Crippen molar-refractivity contribution in [1.82, 2.24) is 5.43 Å². The summed E-state index contributed by atoms with van der Waals surface area (Å²) in [5, 5.41) is 14.5. The Labute approximate surface area is 139 Å². The van der Waals surface area contributed by atoms with E-state index in [-0.39, 0.29) is 5.69 Å². The van der Waals surface area contributed by atoms with Crippen molar-refractivity contribution < 1.29 is 14.5 Å². The van der Waals surface area contributed by atoms with Gasteiger partial charge in [0.15, 0.2) is 6.10 Å². The lowest BCUT2D eigenvalue weighted by atomic mass is 10.2. The van der Waals surface area contributed by atoms with Gasteiger partial charge < -0.3 is 4.74 Å². The van der Waals surface area contributed by atoms with Crippen LogP contribution >= 0.6 is 0 Å². The van der Waals surface area contributed by atoms with Crippen molar-refractivity contribution in [3.05, 3.63) is 69.8 Å². The molecule has 1 atom stereocenters. The molecule has 0 saturated heterocycles. The molecule has 0 aromatic heterocycles. The zero-order valence-electron chi connectivity index (χ0n) is 13.3. The first kappa shape index (κ1) is 17.1. The molecule has 124 valence electrons. The molecule has 0 aliphatic heterocycles. The van der Waals surface area contributed by atoms with Crippen molar-refractivity contribution in [2.45, 2.75) is 20.0 Å². The van der Waals surface area contributed by atoms with E-state index in [2.05, 4.69) is 10.5 Å². The number of non-ortho nitro benzene ring substituents is 1. The molecule has 7 heteroatoms. The van der Waals surface area contributed by atoms with Crippen LogP contribution in [-0.4, -0.2) is 23.1 Å². The second-order valence-corrected chi connectivity index (χ2v) is 5.16. The molecule has 0 radical (unpaired) electrons. The molecule has 0 saturated carbocycles. The molecule has 24 heavy (non-hydrogen) atoms. The number of nitrogens with zero attached hydrogens (tertiary/aromatic N) is 2. The van der Waals surface area contributed by atoms with Crippen molar-refractivity contribution in [3.63, 3.8) is 0 Å². The van der Waals surface area contributed by atoms with Gasteiger partial charge in [0, 0.05) is 12.1 Å². The van der Waals surface area contributed by atoms with E-state index in [1.807, 2.05) is 31.2 Å². The van der Waals surface area contributed by atoms with Gasteiger partial charge in [-0.1, -0.05) is 29.8 Å². The lowest BCUT2D eigenvalue weighted by Crippen LogP contribution is -2.33. The van der Waals surface area contributed by atoms with Crippen molar-refractivity contribution in [2.24, 2.45) is 5.10 Å². The van der Waals surface area contributed by atoms with Crippen LogP contribution in [0.2, 0.25) is 0 Å². The Morgan fingerprint density at radius 3 is 2.42 bits per heavy atom. The van der Waals surface area contributed by atoms with Crippen LogP contribution in [0.4, 0.5) is 5.69 Å². The van der Waals surface area contributed by atoms with Crippen LogP contribution in [-0.2, 0) is 4.79 Å². The number of nitro groups is 1. The number of carbonyl (C=O) groups is 1. The number of hydrazone groups is 1. The van der Waals surface area contributed by atoms with Crippen molar-refractivity contribution >= 4 is 17.8 Å². The van der Waals surface area contributed by atoms with Gasteiger partial charge in [-0.3, -0.25) is 14.9 Å². The average molecular weight is 327 g/mol. The molecular weight excluding hydrogens is 310 g/mol. The monoisotopic (exact) mass is 327 g/mol. The van der Waals surface area contributed by atoms with E-state index in [1.165, 1.54) is 30.5 Å². The predicted molar refractivity (Wildman–Crippen MR) is 90.1 cm³/mol. The first-order valence-corrected chi connectivity index (χ1v) is 7.26. The van der Waals surface area contributed by atoms with Gasteiger partial charge in [-0.05, 0) is 31.5 Å². The molecule has 7 nitrogen and oxygen atoms in total. The predicted octanol–water partition coefficient (Wildman–Crippen LogP) is 2.82. The lowest BCUT2D eigenvalue weighted by Gasteiger charge is -2.12. The van der Waals surface area contributed by atoms with Crippen LogP contribution in [0.25, 0.3) is 0 Å². The SMILES string of the molecule is Cc1ccc(/C=N\NC(=O)[C@H](C)Oc2ccc([N+](=O)[O-])cc2)cc1. The number of nitrogens with one attached hydrogen (secondary N) is 1. The Bertz CT molecular complexity index is 739. The smallest absolute Gasteiger partial charge is 0.280 e. The molecule has 0 spiro atoms. The number of hydrogen-bond donors (Lipinski definition) is 1. The average Bonchev–Trinajstić information content (AvgIpc) is 2.57. The van der Waals surface area contributed by atoms with E-state index in [9.17, 15) is 14.9 Å². The second kappa shape index (κ2) is 7.87. The van der Waals surface area contributed by atoms with Crippen molar-refractivity contribution in [2.75, 3.05) is 0 Å². The molecule has 0 bridgehead atoms. The van der Waals surface area contributed by atoms with Crippen LogP contribution in [0.3, 0.4) is 0 Å². The van der Waals surface area contributed by atoms with Gasteiger partial charge in [-0.25, -0.2) is 5.43 Å². The summed E-state index contributed by atoms with van der Waals surface area (Å²) in [5.41, 5.74) is 4.36. The van der Waals surface area contributed by atoms with Crippen LogP contribution in [0, 0.1) is 17.0 Å². The van der Waals surface area contributed by atoms with E-state index < -0.39 is 16.9 Å². The van der Waals surface area contributed by atoms with Crippen LogP contribution < -0.4 is 10.2 Å². The Morgan fingerprint density at radius 2 is 1.83 bits per heavy atom. The van der Waals surface area contributed by atoms with Gasteiger partial charge in [0.2, 0.25) is 0 Å². The third kappa shape index (κ3) is 4.91. The highest BCUT2D eigenvalue weighted by Gasteiger charge is 2.14. The largest absolute Gasteiger partial charge is 0.481 e. The zero-order valence-corrected chi connectivity index (χ0v) is 13.3. The highest BCUT2D eigenvalue weighted by Crippen LogP contribution is 2.18. The topological polar surface area (TPSA) is 93.8 Å². The molecule has 1 N–H and O–H groups in total. The first-order valence-electron chi connectivity index (χ1n) is 7.26. The Kier molecular flexibility index (Phi) is 5.62. The molecule has 0 aliphatic rings. The van der Waals surface area contributed by atoms with E-state index in [1.54, 1.807) is 6.92 Å². The highest BCUT2D eigenvalue weighted by molar-refractivity contribution is 5.84. The third-order valence-corrected chi connectivity index (χ3v) is 3.20. The maximum Gasteiger partial charge on any atom is 0.280 e. The summed E-state index contributed by atoms with van der Waals surface area (Å²) >= 11 is 0. The number of rotatable bonds is 6. The van der Waals surface area contributed by atoms with Gasteiger partial charge in [0.1, 0.15) is 5.75 Å². The Hall–Kier alpha value is -3.22. The summed E-state index contributed by atoms with van der Waals surface area (Å²) < 4.78 is 5.42. The summed E-state index contributed by atoms with van der Waals surface area (Å²) in [4.78, 5) is 22.0. The van der Waals surface area contributed by atoms with Gasteiger partial charge >= 0.3 is 0 Å². The molecule has 1 amide bonds. The van der Waals surface area contributed by atoms with E-state index in [4.69, 9.17) is 4.74 Å². The number of hydrogen-bond acceptors (Lipinski definition) is 5. The van der Waals surface area contributed by atoms with E-state index in [0.29, 0.717) is 5.75 Å². The minimum Gasteiger partial charge on any atom is -0.481 e.